The summed E-state index contributed by atoms with van der Waals surface area (Å²) >= 11 is 2.32. The molecule has 20 heavy (non-hydrogen) atoms. The van der Waals surface area contributed by atoms with E-state index in [4.69, 9.17) is 5.11 Å². The van der Waals surface area contributed by atoms with Crippen LogP contribution in [0.3, 0.4) is 0 Å². The third-order valence-corrected chi connectivity index (χ3v) is 4.34. The van der Waals surface area contributed by atoms with Gasteiger partial charge in [0.25, 0.3) is 0 Å². The number of aliphatic hydroxyl groups excluding tert-OH is 1. The predicted octanol–water partition coefficient (Wildman–Crippen LogP) is 1.35. The lowest BCUT2D eigenvalue weighted by atomic mass is 10.2. The summed E-state index contributed by atoms with van der Waals surface area (Å²) < 4.78 is 1.20. The summed E-state index contributed by atoms with van der Waals surface area (Å²) in [5, 5.41) is 10.1. The molecular weight excluding hydrogens is 367 g/mol. The van der Waals surface area contributed by atoms with Crippen LogP contribution in [0.1, 0.15) is 0 Å². The highest BCUT2D eigenvalue weighted by molar-refractivity contribution is 14.1. The van der Waals surface area contributed by atoms with Crippen molar-refractivity contribution in [3.8, 4) is 0 Å². The zero-order chi connectivity index (χ0) is 13.9. The number of benzene rings is 1. The van der Waals surface area contributed by atoms with Gasteiger partial charge in [-0.1, -0.05) is 0 Å². The van der Waals surface area contributed by atoms with Crippen molar-refractivity contribution in [3.63, 3.8) is 0 Å². The smallest absolute Gasteiger partial charge is 0.140 e. The minimum atomic E-state index is 0.231. The quantitative estimate of drug-likeness (QED) is 0.810. The first-order chi connectivity index (χ1) is 9.78. The molecule has 1 aliphatic heterocycles. The Morgan fingerprint density at radius 1 is 1.15 bits per heavy atom. The van der Waals surface area contributed by atoms with Crippen LogP contribution in [0, 0.1) is 3.57 Å². The number of hydrogen-bond acceptors (Lipinski definition) is 5. The van der Waals surface area contributed by atoms with Crippen molar-refractivity contribution in [1.82, 2.24) is 14.9 Å². The predicted molar refractivity (Wildman–Crippen MR) is 88.0 cm³/mol. The van der Waals surface area contributed by atoms with Crippen LogP contribution >= 0.6 is 22.6 Å². The Morgan fingerprint density at radius 2 is 1.95 bits per heavy atom. The second-order valence-electron chi connectivity index (χ2n) is 4.91. The van der Waals surface area contributed by atoms with Crippen LogP contribution in [-0.2, 0) is 0 Å². The van der Waals surface area contributed by atoms with E-state index in [2.05, 4.69) is 54.5 Å². The van der Waals surface area contributed by atoms with Crippen LogP contribution in [0.5, 0.6) is 0 Å². The molecule has 0 radical (unpaired) electrons. The van der Waals surface area contributed by atoms with Crippen LogP contribution in [0.2, 0.25) is 0 Å². The number of piperazine rings is 1. The summed E-state index contributed by atoms with van der Waals surface area (Å²) in [7, 11) is 0. The number of nitrogens with zero attached hydrogens (tertiary/aromatic N) is 4. The van der Waals surface area contributed by atoms with Crippen molar-refractivity contribution in [2.45, 2.75) is 0 Å². The fraction of sp³-hybridized carbons (Fsp3) is 0.429. The summed E-state index contributed by atoms with van der Waals surface area (Å²) in [6.45, 7) is 4.81. The molecule has 1 N–H and O–H groups in total. The van der Waals surface area contributed by atoms with Crippen LogP contribution < -0.4 is 4.90 Å². The lowest BCUT2D eigenvalue weighted by Gasteiger charge is -2.35. The van der Waals surface area contributed by atoms with E-state index in [1.54, 1.807) is 6.33 Å². The largest absolute Gasteiger partial charge is 0.395 e. The maximum Gasteiger partial charge on any atom is 0.140 e. The van der Waals surface area contributed by atoms with Gasteiger partial charge in [0.05, 0.1) is 12.1 Å². The van der Waals surface area contributed by atoms with Gasteiger partial charge in [-0.15, -0.1) is 0 Å². The van der Waals surface area contributed by atoms with Gasteiger partial charge >= 0.3 is 0 Å². The van der Waals surface area contributed by atoms with Crippen molar-refractivity contribution < 1.29 is 5.11 Å². The average Bonchev–Trinajstić information content (AvgIpc) is 2.48. The van der Waals surface area contributed by atoms with E-state index in [1.807, 2.05) is 6.07 Å². The first kappa shape index (κ1) is 14.0. The molecule has 0 spiro atoms. The number of aromatic nitrogens is 2. The van der Waals surface area contributed by atoms with Crippen molar-refractivity contribution >= 4 is 39.3 Å². The molecule has 0 saturated carbocycles. The van der Waals surface area contributed by atoms with Crippen molar-refractivity contribution in [2.75, 3.05) is 44.2 Å². The number of fused-ring (bicyclic) bond motifs is 1. The number of halogens is 1. The lowest BCUT2D eigenvalue weighted by molar-refractivity contribution is 0.188. The molecule has 0 atom stereocenters. The Bertz CT molecular complexity index is 599. The summed E-state index contributed by atoms with van der Waals surface area (Å²) in [5.74, 6) is 1.03. The van der Waals surface area contributed by atoms with Gasteiger partial charge in [-0.3, -0.25) is 4.90 Å². The average molecular weight is 384 g/mol. The van der Waals surface area contributed by atoms with Crippen LogP contribution in [0.25, 0.3) is 10.9 Å². The number of hydrogen-bond donors (Lipinski definition) is 1. The maximum absolute atomic E-state index is 9.00. The zero-order valence-electron chi connectivity index (χ0n) is 11.2. The molecule has 5 nitrogen and oxygen atoms in total. The molecule has 3 rings (SSSR count). The number of β-amino-alcohol motifs (C(OH)–C–C–N with tert-alkyl or cyclic N) is 1. The van der Waals surface area contributed by atoms with E-state index in [0.29, 0.717) is 0 Å². The number of aliphatic hydroxyl groups is 1. The third-order valence-electron chi connectivity index (χ3n) is 3.66. The number of rotatable bonds is 3. The number of anilines is 1. The van der Waals surface area contributed by atoms with E-state index >= 15 is 0 Å². The Kier molecular flexibility index (Phi) is 4.32. The van der Waals surface area contributed by atoms with Gasteiger partial charge in [-0.25, -0.2) is 9.97 Å². The minimum absolute atomic E-state index is 0.231. The van der Waals surface area contributed by atoms with Gasteiger partial charge in [0, 0.05) is 41.7 Å². The van der Waals surface area contributed by atoms with E-state index < -0.39 is 0 Å². The fourth-order valence-electron chi connectivity index (χ4n) is 2.59. The first-order valence-corrected chi connectivity index (χ1v) is 7.84. The molecule has 6 heteroatoms. The first-order valence-electron chi connectivity index (χ1n) is 6.76. The highest BCUT2D eigenvalue weighted by atomic mass is 127. The maximum atomic E-state index is 9.00. The summed E-state index contributed by atoms with van der Waals surface area (Å²) in [4.78, 5) is 13.4. The summed E-state index contributed by atoms with van der Waals surface area (Å²) in [6, 6.07) is 6.26. The van der Waals surface area contributed by atoms with E-state index in [0.717, 1.165) is 49.4 Å². The fourth-order valence-corrected chi connectivity index (χ4v) is 3.08. The normalized spacial score (nSPS) is 16.8. The van der Waals surface area contributed by atoms with Crippen LogP contribution in [-0.4, -0.2) is 59.3 Å². The molecule has 1 aromatic heterocycles. The molecule has 1 aromatic carbocycles. The van der Waals surface area contributed by atoms with Gasteiger partial charge in [0.2, 0.25) is 0 Å². The van der Waals surface area contributed by atoms with E-state index in [1.165, 1.54) is 3.57 Å². The standard InChI is InChI=1S/C14H17IN4O/c15-11-1-2-13-12(9-11)14(17-10-16-13)19-5-3-18(4-6-19)7-8-20/h1-2,9-10,20H,3-8H2. The Morgan fingerprint density at radius 3 is 2.70 bits per heavy atom. The van der Waals surface area contributed by atoms with Gasteiger partial charge in [-0.2, -0.15) is 0 Å². The topological polar surface area (TPSA) is 52.5 Å². The molecular formula is C14H17IN4O. The molecule has 106 valence electrons. The van der Waals surface area contributed by atoms with Crippen LogP contribution in [0.4, 0.5) is 5.82 Å². The summed E-state index contributed by atoms with van der Waals surface area (Å²) in [5.41, 5.74) is 0.994. The second kappa shape index (κ2) is 6.19. The zero-order valence-corrected chi connectivity index (χ0v) is 13.3. The highest BCUT2D eigenvalue weighted by Gasteiger charge is 2.19. The Hall–Kier alpha value is -0.990. The minimum Gasteiger partial charge on any atom is -0.395 e. The molecule has 0 unspecified atom stereocenters. The van der Waals surface area contributed by atoms with Crippen molar-refractivity contribution in [1.29, 1.82) is 0 Å². The van der Waals surface area contributed by atoms with E-state index in [9.17, 15) is 0 Å². The second-order valence-corrected chi connectivity index (χ2v) is 6.16. The molecule has 1 fully saturated rings. The lowest BCUT2D eigenvalue weighted by Crippen LogP contribution is -2.47. The van der Waals surface area contributed by atoms with E-state index in [-0.39, 0.29) is 6.61 Å². The molecule has 0 amide bonds. The SMILES string of the molecule is OCCN1CCN(c2ncnc3ccc(I)cc23)CC1. The molecule has 2 heterocycles. The Labute approximate surface area is 131 Å². The van der Waals surface area contributed by atoms with Crippen molar-refractivity contribution in [3.05, 3.63) is 28.1 Å². The highest BCUT2D eigenvalue weighted by Crippen LogP contribution is 2.25. The van der Waals surface area contributed by atoms with Gasteiger partial charge < -0.3 is 10.0 Å². The molecule has 0 aliphatic carbocycles. The van der Waals surface area contributed by atoms with Gasteiger partial charge in [0.1, 0.15) is 12.1 Å². The molecule has 2 aromatic rings. The Balaban J connectivity index is 1.86. The molecule has 1 saturated heterocycles. The molecule has 1 aliphatic rings. The van der Waals surface area contributed by atoms with Crippen LogP contribution in [0.15, 0.2) is 24.5 Å². The monoisotopic (exact) mass is 384 g/mol. The van der Waals surface area contributed by atoms with Crippen molar-refractivity contribution in [2.24, 2.45) is 0 Å². The van der Waals surface area contributed by atoms with Gasteiger partial charge in [-0.05, 0) is 40.8 Å². The molecule has 0 bridgehead atoms. The van der Waals surface area contributed by atoms with Gasteiger partial charge in [0.15, 0.2) is 0 Å². The summed E-state index contributed by atoms with van der Waals surface area (Å²) in [6.07, 6.45) is 1.64. The third kappa shape index (κ3) is 2.87.